The number of aryl methyl sites for hydroxylation is 2. The second kappa shape index (κ2) is 6.73. The maximum absolute atomic E-state index is 6.12. The molecule has 1 atom stereocenters. The van der Waals surface area contributed by atoms with Crippen LogP contribution in [-0.4, -0.2) is 30.6 Å². The predicted molar refractivity (Wildman–Crippen MR) is 87.1 cm³/mol. The monoisotopic (exact) mass is 274 g/mol. The third kappa shape index (κ3) is 3.62. The van der Waals surface area contributed by atoms with Gasteiger partial charge >= 0.3 is 0 Å². The molecule has 0 bridgehead atoms. The van der Waals surface area contributed by atoms with Crippen molar-refractivity contribution in [3.05, 3.63) is 34.9 Å². The first-order valence-corrected chi connectivity index (χ1v) is 8.03. The van der Waals surface area contributed by atoms with E-state index >= 15 is 0 Å². The number of hydrogen-bond donors (Lipinski definition) is 1. The highest BCUT2D eigenvalue weighted by atomic mass is 15.1. The Morgan fingerprint density at radius 2 is 1.65 bits per heavy atom. The minimum atomic E-state index is 0.530. The average molecular weight is 274 g/mol. The van der Waals surface area contributed by atoms with Gasteiger partial charge in [0.2, 0.25) is 0 Å². The van der Waals surface area contributed by atoms with E-state index in [0.717, 1.165) is 12.5 Å². The lowest BCUT2D eigenvalue weighted by Gasteiger charge is -2.38. The van der Waals surface area contributed by atoms with Gasteiger partial charge in [0.05, 0.1) is 0 Å². The van der Waals surface area contributed by atoms with E-state index in [2.05, 4.69) is 50.8 Å². The van der Waals surface area contributed by atoms with Gasteiger partial charge in [-0.1, -0.05) is 29.3 Å². The van der Waals surface area contributed by atoms with E-state index < -0.39 is 0 Å². The topological polar surface area (TPSA) is 29.3 Å². The number of benzene rings is 1. The number of nitrogens with zero attached hydrogens (tertiary/aromatic N) is 1. The fourth-order valence-electron chi connectivity index (χ4n) is 3.66. The summed E-state index contributed by atoms with van der Waals surface area (Å²) in [6.07, 6.45) is 2.57. The maximum atomic E-state index is 6.12. The van der Waals surface area contributed by atoms with E-state index in [0.29, 0.717) is 12.0 Å². The van der Waals surface area contributed by atoms with Crippen molar-refractivity contribution in [3.8, 4) is 0 Å². The molecule has 0 spiro atoms. The Kier molecular flexibility index (Phi) is 5.22. The largest absolute Gasteiger partial charge is 0.330 e. The molecule has 2 nitrogen and oxygen atoms in total. The van der Waals surface area contributed by atoms with Crippen LogP contribution >= 0.6 is 0 Å². The van der Waals surface area contributed by atoms with Gasteiger partial charge in [0, 0.05) is 6.04 Å². The summed E-state index contributed by atoms with van der Waals surface area (Å²) in [4.78, 5) is 2.59. The van der Waals surface area contributed by atoms with Crippen LogP contribution < -0.4 is 5.73 Å². The van der Waals surface area contributed by atoms with Crippen molar-refractivity contribution in [1.29, 1.82) is 0 Å². The van der Waals surface area contributed by atoms with Crippen molar-refractivity contribution in [1.82, 2.24) is 4.90 Å². The summed E-state index contributed by atoms with van der Waals surface area (Å²) < 4.78 is 0. The summed E-state index contributed by atoms with van der Waals surface area (Å²) in [5.41, 5.74) is 10.3. The molecule has 0 radical (unpaired) electrons. The van der Waals surface area contributed by atoms with Gasteiger partial charge in [0.25, 0.3) is 0 Å². The molecule has 2 heteroatoms. The van der Waals surface area contributed by atoms with E-state index in [9.17, 15) is 0 Å². The molecule has 1 aliphatic heterocycles. The minimum Gasteiger partial charge on any atom is -0.330 e. The SMILES string of the molecule is Cc1cc(C)cc(C(CN)C2CCN(C(C)C)CC2)c1. The zero-order valence-corrected chi connectivity index (χ0v) is 13.5. The predicted octanol–water partition coefficient (Wildman–Crippen LogP) is 3.47. The number of hydrogen-bond acceptors (Lipinski definition) is 2. The Morgan fingerprint density at radius 3 is 2.10 bits per heavy atom. The van der Waals surface area contributed by atoms with E-state index in [1.165, 1.54) is 42.6 Å². The number of nitrogens with two attached hydrogens (primary N) is 1. The summed E-state index contributed by atoms with van der Waals surface area (Å²) in [6.45, 7) is 12.2. The fourth-order valence-corrected chi connectivity index (χ4v) is 3.66. The van der Waals surface area contributed by atoms with Crippen LogP contribution in [0, 0.1) is 19.8 Å². The molecule has 0 aromatic heterocycles. The van der Waals surface area contributed by atoms with Gasteiger partial charge in [0.15, 0.2) is 0 Å². The highest BCUT2D eigenvalue weighted by molar-refractivity contribution is 5.31. The fraction of sp³-hybridized carbons (Fsp3) is 0.667. The van der Waals surface area contributed by atoms with Crippen LogP contribution in [0.3, 0.4) is 0 Å². The van der Waals surface area contributed by atoms with Gasteiger partial charge in [-0.25, -0.2) is 0 Å². The van der Waals surface area contributed by atoms with Crippen molar-refractivity contribution >= 4 is 0 Å². The van der Waals surface area contributed by atoms with Gasteiger partial charge in [-0.05, 0) is 77.6 Å². The first-order valence-electron chi connectivity index (χ1n) is 8.03. The average Bonchev–Trinajstić information content (AvgIpc) is 2.39. The van der Waals surface area contributed by atoms with Crippen LogP contribution in [0.5, 0.6) is 0 Å². The van der Waals surface area contributed by atoms with Gasteiger partial charge in [0.1, 0.15) is 0 Å². The molecular weight excluding hydrogens is 244 g/mol. The Morgan fingerprint density at radius 1 is 1.10 bits per heavy atom. The van der Waals surface area contributed by atoms with Gasteiger partial charge in [-0.2, -0.15) is 0 Å². The molecule has 112 valence electrons. The van der Waals surface area contributed by atoms with Crippen LogP contribution in [0.15, 0.2) is 18.2 Å². The highest BCUT2D eigenvalue weighted by Crippen LogP contribution is 2.33. The van der Waals surface area contributed by atoms with E-state index in [-0.39, 0.29) is 0 Å². The second-order valence-electron chi connectivity index (χ2n) is 6.73. The Hall–Kier alpha value is -0.860. The number of rotatable bonds is 4. The smallest absolute Gasteiger partial charge is 0.00385 e. The van der Waals surface area contributed by atoms with Crippen molar-refractivity contribution in [2.45, 2.75) is 52.5 Å². The standard InChI is InChI=1S/C18H30N2/c1-13(2)20-7-5-16(6-8-20)18(12-19)17-10-14(3)9-15(4)11-17/h9-11,13,16,18H,5-8,12,19H2,1-4H3. The van der Waals surface area contributed by atoms with Crippen LogP contribution in [0.25, 0.3) is 0 Å². The van der Waals surface area contributed by atoms with Crippen LogP contribution in [0.4, 0.5) is 0 Å². The van der Waals surface area contributed by atoms with Crippen LogP contribution in [0.2, 0.25) is 0 Å². The molecule has 1 aliphatic rings. The van der Waals surface area contributed by atoms with Crippen LogP contribution in [0.1, 0.15) is 49.3 Å². The van der Waals surface area contributed by atoms with Crippen molar-refractivity contribution in [2.24, 2.45) is 11.7 Å². The van der Waals surface area contributed by atoms with E-state index in [1.54, 1.807) is 0 Å². The third-order valence-electron chi connectivity index (χ3n) is 4.80. The zero-order valence-electron chi connectivity index (χ0n) is 13.5. The Labute approximate surface area is 124 Å². The second-order valence-corrected chi connectivity index (χ2v) is 6.73. The van der Waals surface area contributed by atoms with E-state index in [4.69, 9.17) is 5.73 Å². The molecule has 1 aromatic carbocycles. The summed E-state index contributed by atoms with van der Waals surface area (Å²) in [7, 11) is 0. The minimum absolute atomic E-state index is 0.530. The van der Waals surface area contributed by atoms with Crippen molar-refractivity contribution in [3.63, 3.8) is 0 Å². The Balaban J connectivity index is 2.09. The summed E-state index contributed by atoms with van der Waals surface area (Å²) in [6, 6.07) is 7.59. The molecule has 1 saturated heterocycles. The molecule has 2 rings (SSSR count). The lowest BCUT2D eigenvalue weighted by Crippen LogP contribution is -2.40. The van der Waals surface area contributed by atoms with Crippen LogP contribution in [-0.2, 0) is 0 Å². The lowest BCUT2D eigenvalue weighted by molar-refractivity contribution is 0.138. The summed E-state index contributed by atoms with van der Waals surface area (Å²) in [5, 5.41) is 0. The molecule has 1 aromatic rings. The molecule has 1 unspecified atom stereocenters. The first-order chi connectivity index (χ1) is 9.51. The molecule has 1 heterocycles. The third-order valence-corrected chi connectivity index (χ3v) is 4.80. The molecule has 20 heavy (non-hydrogen) atoms. The van der Waals surface area contributed by atoms with Gasteiger partial charge in [-0.3, -0.25) is 0 Å². The van der Waals surface area contributed by atoms with Gasteiger partial charge in [-0.15, -0.1) is 0 Å². The highest BCUT2D eigenvalue weighted by Gasteiger charge is 2.27. The molecule has 0 saturated carbocycles. The maximum Gasteiger partial charge on any atom is 0.00385 e. The van der Waals surface area contributed by atoms with E-state index in [1.807, 2.05) is 0 Å². The summed E-state index contributed by atoms with van der Waals surface area (Å²) >= 11 is 0. The Bertz CT molecular complexity index is 411. The lowest BCUT2D eigenvalue weighted by atomic mass is 9.79. The van der Waals surface area contributed by atoms with Crippen molar-refractivity contribution < 1.29 is 0 Å². The summed E-state index contributed by atoms with van der Waals surface area (Å²) in [5.74, 6) is 1.28. The number of piperidine rings is 1. The molecule has 2 N–H and O–H groups in total. The molecule has 0 aliphatic carbocycles. The molecule has 0 amide bonds. The quantitative estimate of drug-likeness (QED) is 0.911. The first kappa shape index (κ1) is 15.5. The number of likely N-dealkylation sites (tertiary alicyclic amines) is 1. The van der Waals surface area contributed by atoms with Crippen molar-refractivity contribution in [2.75, 3.05) is 19.6 Å². The normalized spacial score (nSPS) is 19.5. The van der Waals surface area contributed by atoms with Gasteiger partial charge < -0.3 is 10.6 Å². The zero-order chi connectivity index (χ0) is 14.7. The molecular formula is C18H30N2. The molecule has 1 fully saturated rings.